The molecule has 2 aliphatic rings. The number of thiophene rings is 1. The molecule has 0 saturated carbocycles. The maximum absolute atomic E-state index is 6.74. The first-order valence-corrected chi connectivity index (χ1v) is 20.8. The van der Waals surface area contributed by atoms with Crippen molar-refractivity contribution >= 4 is 72.9 Å². The molecule has 2 aliphatic heterocycles. The predicted octanol–water partition coefficient (Wildman–Crippen LogP) is 10.6. The minimum Gasteiger partial charge on any atom is -0.457 e. The first-order chi connectivity index (χ1) is 26.3. The summed E-state index contributed by atoms with van der Waals surface area (Å²) in [5.41, 5.74) is 7.93. The predicted molar refractivity (Wildman–Crippen MR) is 225 cm³/mol. The first kappa shape index (κ1) is 30.4. The minimum absolute atomic E-state index is 0.586. The Bertz CT molecular complexity index is 2800. The van der Waals surface area contributed by atoms with Gasteiger partial charge in [-0.05, 0) is 70.0 Å². The van der Waals surface area contributed by atoms with Gasteiger partial charge in [-0.1, -0.05) is 151 Å². The zero-order valence-electron chi connectivity index (χ0n) is 28.8. The Kier molecular flexibility index (Phi) is 6.84. The van der Waals surface area contributed by atoms with Gasteiger partial charge in [0.1, 0.15) is 20.3 Å². The van der Waals surface area contributed by atoms with Crippen LogP contribution in [0, 0.1) is 0 Å². The second-order valence-electron chi connectivity index (χ2n) is 14.0. The maximum Gasteiger partial charge on any atom is 0.133 e. The molecule has 3 heterocycles. The van der Waals surface area contributed by atoms with Crippen molar-refractivity contribution in [1.82, 2.24) is 0 Å². The fraction of sp³-hybridized carbons (Fsp3) is 0.0204. The smallest absolute Gasteiger partial charge is 0.133 e. The van der Waals surface area contributed by atoms with Crippen LogP contribution in [0.3, 0.4) is 0 Å². The molecule has 11 rings (SSSR count). The van der Waals surface area contributed by atoms with E-state index in [9.17, 15) is 0 Å². The van der Waals surface area contributed by atoms with Gasteiger partial charge in [0.15, 0.2) is 0 Å². The van der Waals surface area contributed by atoms with Gasteiger partial charge in [-0.2, -0.15) is 0 Å². The van der Waals surface area contributed by atoms with Crippen molar-refractivity contribution in [2.45, 2.75) is 5.41 Å². The molecule has 1 aromatic heterocycles. The zero-order valence-corrected chi connectivity index (χ0v) is 30.8. The molecule has 0 radical (unpaired) electrons. The summed E-state index contributed by atoms with van der Waals surface area (Å²) in [6, 6.07) is 71.6. The molecule has 8 aromatic carbocycles. The highest BCUT2D eigenvalue weighted by Crippen LogP contribution is 2.56. The number of nitrogens with zero attached hydrogens (tertiary/aromatic N) is 1. The molecule has 0 saturated heterocycles. The third kappa shape index (κ3) is 4.43. The lowest BCUT2D eigenvalue weighted by Gasteiger charge is -2.47. The van der Waals surface area contributed by atoms with E-state index in [0.29, 0.717) is 0 Å². The number of benzene rings is 8. The fourth-order valence-electron chi connectivity index (χ4n) is 9.15. The summed E-state index contributed by atoms with van der Waals surface area (Å²) in [5.74, 6) is 1.82. The highest BCUT2D eigenvalue weighted by atomic mass is 32.1. The Labute approximate surface area is 314 Å². The van der Waals surface area contributed by atoms with E-state index in [4.69, 9.17) is 4.74 Å². The summed E-state index contributed by atoms with van der Waals surface area (Å²) in [6.07, 6.45) is 0. The second kappa shape index (κ2) is 11.9. The van der Waals surface area contributed by atoms with E-state index in [0.717, 1.165) is 22.9 Å². The van der Waals surface area contributed by atoms with Crippen LogP contribution in [0.2, 0.25) is 0 Å². The molecule has 0 bridgehead atoms. The molecule has 1 spiro atoms. The summed E-state index contributed by atoms with van der Waals surface area (Å²) in [7, 11) is -1.92. The average Bonchev–Trinajstić information content (AvgIpc) is 3.61. The van der Waals surface area contributed by atoms with E-state index >= 15 is 0 Å². The third-order valence-electron chi connectivity index (χ3n) is 11.3. The molecule has 2 nitrogen and oxygen atoms in total. The van der Waals surface area contributed by atoms with Crippen LogP contribution in [0.4, 0.5) is 17.1 Å². The van der Waals surface area contributed by atoms with Gasteiger partial charge in [0.25, 0.3) is 0 Å². The van der Waals surface area contributed by atoms with Gasteiger partial charge in [-0.3, -0.25) is 0 Å². The van der Waals surface area contributed by atoms with Crippen molar-refractivity contribution in [3.63, 3.8) is 0 Å². The molecule has 0 amide bonds. The summed E-state index contributed by atoms with van der Waals surface area (Å²) in [6.45, 7) is 0. The molecular weight excluding hydrogens is 679 g/mol. The molecule has 1 atom stereocenters. The summed E-state index contributed by atoms with van der Waals surface area (Å²) < 4.78 is 9.33. The largest absolute Gasteiger partial charge is 0.457 e. The topological polar surface area (TPSA) is 12.5 Å². The monoisotopic (exact) mass is 711 g/mol. The Morgan fingerprint density at radius 3 is 1.83 bits per heavy atom. The van der Waals surface area contributed by atoms with E-state index in [1.807, 2.05) is 11.3 Å². The third-order valence-corrected chi connectivity index (χ3v) is 15.8. The van der Waals surface area contributed by atoms with Crippen molar-refractivity contribution < 1.29 is 4.74 Å². The van der Waals surface area contributed by atoms with Crippen molar-refractivity contribution in [2.24, 2.45) is 0 Å². The highest BCUT2D eigenvalue weighted by Gasteiger charge is 2.51. The van der Waals surface area contributed by atoms with E-state index in [1.54, 1.807) is 0 Å². The highest BCUT2D eigenvalue weighted by molar-refractivity contribution is 7.26. The second-order valence-corrected chi connectivity index (χ2v) is 17.8. The first-order valence-electron chi connectivity index (χ1n) is 18.2. The SMILES string of the molecule is c1ccc(N(c2ccc3c(c2)C2(c4ccccc4Oc4ccccc42)c2ccccc2[SiH]3c2ccccc2)c2cccc3c2sc2ccccc23)cc1. The summed E-state index contributed by atoms with van der Waals surface area (Å²) in [5, 5.41) is 6.91. The molecule has 0 aliphatic carbocycles. The average molecular weight is 712 g/mol. The van der Waals surface area contributed by atoms with Crippen molar-refractivity contribution in [3.8, 4) is 11.5 Å². The van der Waals surface area contributed by atoms with Crippen LogP contribution in [0.25, 0.3) is 20.2 Å². The van der Waals surface area contributed by atoms with Crippen LogP contribution in [0.5, 0.6) is 11.5 Å². The van der Waals surface area contributed by atoms with Crippen molar-refractivity contribution in [3.05, 3.63) is 216 Å². The zero-order chi connectivity index (χ0) is 34.9. The fourth-order valence-corrected chi connectivity index (χ4v) is 13.8. The Morgan fingerprint density at radius 1 is 0.453 bits per heavy atom. The Hall–Kier alpha value is -6.20. The van der Waals surface area contributed by atoms with Gasteiger partial charge >= 0.3 is 0 Å². The molecule has 53 heavy (non-hydrogen) atoms. The summed E-state index contributed by atoms with van der Waals surface area (Å²) in [4.78, 5) is 2.47. The molecule has 1 unspecified atom stereocenters. The van der Waals surface area contributed by atoms with Crippen LogP contribution in [0.1, 0.15) is 22.3 Å². The molecular formula is C49H33NOSSi. The maximum atomic E-state index is 6.74. The Balaban J connectivity index is 1.26. The number of ether oxygens (including phenoxy) is 1. The van der Waals surface area contributed by atoms with E-state index < -0.39 is 14.2 Å². The van der Waals surface area contributed by atoms with Gasteiger partial charge in [0.2, 0.25) is 0 Å². The number of hydrogen-bond acceptors (Lipinski definition) is 3. The lowest BCUT2D eigenvalue weighted by Crippen LogP contribution is -2.62. The molecule has 9 aromatic rings. The Morgan fingerprint density at radius 2 is 1.06 bits per heavy atom. The van der Waals surface area contributed by atoms with Crippen LogP contribution < -0.4 is 25.2 Å². The van der Waals surface area contributed by atoms with Gasteiger partial charge in [0.05, 0.1) is 15.8 Å². The van der Waals surface area contributed by atoms with Gasteiger partial charge < -0.3 is 9.64 Å². The van der Waals surface area contributed by atoms with Crippen LogP contribution in [0.15, 0.2) is 194 Å². The summed E-state index contributed by atoms with van der Waals surface area (Å²) >= 11 is 1.87. The van der Waals surface area contributed by atoms with E-state index in [1.165, 1.54) is 63.7 Å². The van der Waals surface area contributed by atoms with Gasteiger partial charge in [0, 0.05) is 38.0 Å². The quantitative estimate of drug-likeness (QED) is 0.169. The molecule has 4 heteroatoms. The van der Waals surface area contributed by atoms with E-state index in [-0.39, 0.29) is 0 Å². The van der Waals surface area contributed by atoms with Crippen LogP contribution in [-0.4, -0.2) is 8.80 Å². The number of fused-ring (bicyclic) bond motifs is 11. The molecule has 250 valence electrons. The van der Waals surface area contributed by atoms with Crippen LogP contribution >= 0.6 is 11.3 Å². The van der Waals surface area contributed by atoms with Crippen molar-refractivity contribution in [2.75, 3.05) is 4.90 Å². The standard InChI is InChI=1S/C49H33NOSSi/c1-3-16-33(17-4-1)50(42-25-15-21-37-36-20-7-13-28-45(36)52-48(37)42)34-30-31-47-41(32-34)49(38-22-8-11-26-43(38)51-44-27-12-9-23-39(44)49)40-24-10-14-29-46(40)53(47)35-18-5-2-6-19-35/h1-32,53H. The number of hydrogen-bond donors (Lipinski definition) is 0. The normalized spacial score (nSPS) is 14.9. The van der Waals surface area contributed by atoms with Crippen molar-refractivity contribution in [1.29, 1.82) is 0 Å². The van der Waals surface area contributed by atoms with Crippen LogP contribution in [-0.2, 0) is 5.41 Å². The lowest BCUT2D eigenvalue weighted by atomic mass is 9.63. The van der Waals surface area contributed by atoms with E-state index in [2.05, 4.69) is 199 Å². The molecule has 0 N–H and O–H groups in total. The lowest BCUT2D eigenvalue weighted by molar-refractivity contribution is 0.435. The number of rotatable bonds is 4. The van der Waals surface area contributed by atoms with Gasteiger partial charge in [-0.25, -0.2) is 0 Å². The number of para-hydroxylation sites is 3. The van der Waals surface area contributed by atoms with Gasteiger partial charge in [-0.15, -0.1) is 11.3 Å². The minimum atomic E-state index is -1.92. The number of anilines is 3. The molecule has 0 fully saturated rings.